The minimum absolute atomic E-state index is 0.561. The van der Waals surface area contributed by atoms with Crippen LogP contribution < -0.4 is 5.30 Å². The molecule has 0 nitrogen and oxygen atoms in total. The number of hydrogen-bond donors (Lipinski definition) is 0. The van der Waals surface area contributed by atoms with E-state index in [2.05, 4.69) is 55.1 Å². The van der Waals surface area contributed by atoms with Gasteiger partial charge in [-0.05, 0) is 11.8 Å². The molecule has 0 heterocycles. The quantitative estimate of drug-likeness (QED) is 0.622. The van der Waals surface area contributed by atoms with Crippen molar-refractivity contribution in [2.24, 2.45) is 0 Å². The van der Waals surface area contributed by atoms with E-state index in [-0.39, 0.29) is 0 Å². The van der Waals surface area contributed by atoms with Crippen LogP contribution in [-0.4, -0.2) is 0 Å². The fourth-order valence-corrected chi connectivity index (χ4v) is 2.18. The SMILES string of the molecule is CC(C)c1cccc(C(C)C)c1[P-2]. The van der Waals surface area contributed by atoms with Crippen molar-refractivity contribution >= 4 is 14.5 Å². The van der Waals surface area contributed by atoms with Gasteiger partial charge in [-0.1, -0.05) is 45.9 Å². The summed E-state index contributed by atoms with van der Waals surface area (Å²) in [5.41, 5.74) is 2.71. The summed E-state index contributed by atoms with van der Waals surface area (Å²) in [5, 5.41) is 1.17. The van der Waals surface area contributed by atoms with Crippen LogP contribution in [0, 0.1) is 0 Å². The molecule has 0 atom stereocenters. The van der Waals surface area contributed by atoms with Crippen molar-refractivity contribution in [1.29, 1.82) is 0 Å². The van der Waals surface area contributed by atoms with Crippen LogP contribution in [0.5, 0.6) is 0 Å². The van der Waals surface area contributed by atoms with Crippen LogP contribution in [0.3, 0.4) is 0 Å². The molecule has 1 rings (SSSR count). The molecule has 0 radical (unpaired) electrons. The molecule has 1 aromatic rings. The molecule has 0 N–H and O–H groups in total. The van der Waals surface area contributed by atoms with Crippen LogP contribution in [0.2, 0.25) is 0 Å². The van der Waals surface area contributed by atoms with Crippen molar-refractivity contribution in [2.75, 3.05) is 0 Å². The number of hydrogen-bond acceptors (Lipinski definition) is 0. The summed E-state index contributed by atoms with van der Waals surface area (Å²) < 4.78 is 0. The van der Waals surface area contributed by atoms with Gasteiger partial charge in [-0.2, -0.15) is 0 Å². The van der Waals surface area contributed by atoms with E-state index >= 15 is 0 Å². The summed E-state index contributed by atoms with van der Waals surface area (Å²) in [6.07, 6.45) is 0. The Morgan fingerprint density at radius 1 is 0.923 bits per heavy atom. The maximum absolute atomic E-state index is 4.59. The van der Waals surface area contributed by atoms with Gasteiger partial charge in [0.1, 0.15) is 0 Å². The van der Waals surface area contributed by atoms with Gasteiger partial charge >= 0.3 is 0 Å². The predicted molar refractivity (Wildman–Crippen MR) is 61.2 cm³/mol. The van der Waals surface area contributed by atoms with Crippen LogP contribution in [0.25, 0.3) is 0 Å². The molecule has 0 fully saturated rings. The van der Waals surface area contributed by atoms with Gasteiger partial charge in [-0.3, -0.25) is 0 Å². The molecule has 1 heteroatoms. The summed E-state index contributed by atoms with van der Waals surface area (Å²) in [7, 11) is 4.59. The third kappa shape index (κ3) is 2.31. The minimum Gasteiger partial charge on any atom is -1.45 e. The summed E-state index contributed by atoms with van der Waals surface area (Å²) in [6.45, 7) is 8.83. The lowest BCUT2D eigenvalue weighted by Gasteiger charge is -2.43. The van der Waals surface area contributed by atoms with Crippen LogP contribution >= 0.6 is 9.24 Å². The zero-order chi connectivity index (χ0) is 10.0. The van der Waals surface area contributed by atoms with E-state index in [0.717, 1.165) is 0 Å². The van der Waals surface area contributed by atoms with Crippen molar-refractivity contribution in [3.8, 4) is 0 Å². The Balaban J connectivity index is 3.18. The maximum Gasteiger partial charge on any atom is -0.0263 e. The van der Waals surface area contributed by atoms with Crippen molar-refractivity contribution in [1.82, 2.24) is 0 Å². The van der Waals surface area contributed by atoms with E-state index in [0.29, 0.717) is 11.8 Å². The summed E-state index contributed by atoms with van der Waals surface area (Å²) >= 11 is 0. The zero-order valence-corrected chi connectivity index (χ0v) is 9.73. The highest BCUT2D eigenvalue weighted by Crippen LogP contribution is 2.20. The molecule has 72 valence electrons. The highest BCUT2D eigenvalue weighted by Gasteiger charge is 1.99. The zero-order valence-electron chi connectivity index (χ0n) is 8.83. The topological polar surface area (TPSA) is 0 Å². The summed E-state index contributed by atoms with van der Waals surface area (Å²) in [4.78, 5) is 0. The average molecular weight is 192 g/mol. The van der Waals surface area contributed by atoms with Crippen LogP contribution in [-0.2, 0) is 0 Å². The Morgan fingerprint density at radius 2 is 1.31 bits per heavy atom. The Labute approximate surface area is 84.0 Å². The first kappa shape index (κ1) is 10.7. The Bertz CT molecular complexity index is 261. The molecule has 0 aliphatic carbocycles. The lowest BCUT2D eigenvalue weighted by molar-refractivity contribution is 0.846. The molecule has 0 aliphatic rings. The molecule has 0 aliphatic heterocycles. The highest BCUT2D eigenvalue weighted by atomic mass is 31.0. The smallest absolute Gasteiger partial charge is 0.0263 e. The molecule has 0 spiro atoms. The Hall–Kier alpha value is -0.350. The molecule has 1 aromatic carbocycles. The molecule has 0 saturated carbocycles. The second kappa shape index (κ2) is 4.24. The third-order valence-corrected chi connectivity index (χ3v) is 2.86. The summed E-state index contributed by atoms with van der Waals surface area (Å²) in [5.74, 6) is 1.12. The molecule has 0 amide bonds. The maximum atomic E-state index is 4.59. The van der Waals surface area contributed by atoms with Gasteiger partial charge in [0.2, 0.25) is 0 Å². The molecule has 0 saturated heterocycles. The molecule has 0 unspecified atom stereocenters. The minimum atomic E-state index is 0.561. The van der Waals surface area contributed by atoms with Crippen molar-refractivity contribution in [2.45, 2.75) is 39.5 Å². The molecule has 0 bridgehead atoms. The normalized spacial score (nSPS) is 11.3. The Kier molecular flexibility index (Phi) is 3.50. The first-order chi connectivity index (χ1) is 6.04. The molecule has 0 aromatic heterocycles. The molecular weight excluding hydrogens is 175 g/mol. The Morgan fingerprint density at radius 3 is 1.62 bits per heavy atom. The fourth-order valence-electron chi connectivity index (χ4n) is 1.51. The van der Waals surface area contributed by atoms with E-state index in [4.69, 9.17) is 0 Å². The van der Waals surface area contributed by atoms with Crippen molar-refractivity contribution < 1.29 is 0 Å². The lowest BCUT2D eigenvalue weighted by Crippen LogP contribution is -2.10. The van der Waals surface area contributed by atoms with E-state index in [9.17, 15) is 0 Å². The van der Waals surface area contributed by atoms with Crippen molar-refractivity contribution in [3.63, 3.8) is 0 Å². The predicted octanol–water partition coefficient (Wildman–Crippen LogP) is 3.97. The monoisotopic (exact) mass is 192 g/mol. The summed E-state index contributed by atoms with van der Waals surface area (Å²) in [6, 6.07) is 6.46. The van der Waals surface area contributed by atoms with Crippen LogP contribution in [0.4, 0.5) is 0 Å². The van der Waals surface area contributed by atoms with Gasteiger partial charge in [-0.25, -0.2) is 0 Å². The van der Waals surface area contributed by atoms with E-state index in [1.54, 1.807) is 0 Å². The van der Waals surface area contributed by atoms with Crippen LogP contribution in [0.1, 0.15) is 50.7 Å². The van der Waals surface area contributed by atoms with Gasteiger partial charge < -0.3 is 14.5 Å². The molecular formula is C12H17P-2. The standard InChI is InChI=1S/C12H17P/c1-8(2)10-6-5-7-11(9(3)4)12(10)13/h5-9H,1-4H3/q-2. The fraction of sp³-hybridized carbons (Fsp3) is 0.500. The number of rotatable bonds is 2. The lowest BCUT2D eigenvalue weighted by atomic mass is 9.95. The van der Waals surface area contributed by atoms with Gasteiger partial charge in [0.15, 0.2) is 0 Å². The largest absolute Gasteiger partial charge is 1.45 e. The molecule has 13 heavy (non-hydrogen) atoms. The van der Waals surface area contributed by atoms with E-state index < -0.39 is 0 Å². The van der Waals surface area contributed by atoms with Crippen LogP contribution in [0.15, 0.2) is 18.2 Å². The second-order valence-electron chi connectivity index (χ2n) is 4.09. The van der Waals surface area contributed by atoms with Gasteiger partial charge in [0.25, 0.3) is 0 Å². The first-order valence-electron chi connectivity index (χ1n) is 4.85. The van der Waals surface area contributed by atoms with E-state index in [1.165, 1.54) is 16.4 Å². The van der Waals surface area contributed by atoms with E-state index in [1.807, 2.05) is 0 Å². The highest BCUT2D eigenvalue weighted by molar-refractivity contribution is 7.27. The first-order valence-corrected chi connectivity index (χ1v) is 5.30. The van der Waals surface area contributed by atoms with Crippen molar-refractivity contribution in [3.05, 3.63) is 29.3 Å². The second-order valence-corrected chi connectivity index (χ2v) is 4.54. The van der Waals surface area contributed by atoms with Gasteiger partial charge in [0, 0.05) is 0 Å². The van der Waals surface area contributed by atoms with Gasteiger partial charge in [-0.15, -0.1) is 11.1 Å². The average Bonchev–Trinajstić information content (AvgIpc) is 2.03. The number of benzene rings is 1. The third-order valence-electron chi connectivity index (χ3n) is 2.34. The van der Waals surface area contributed by atoms with Gasteiger partial charge in [0.05, 0.1) is 0 Å².